The van der Waals surface area contributed by atoms with Crippen molar-refractivity contribution in [3.05, 3.63) is 0 Å². The van der Waals surface area contributed by atoms with Crippen LogP contribution in [-0.4, -0.2) is 20.4 Å². The van der Waals surface area contributed by atoms with Crippen LogP contribution in [0.2, 0.25) is 0 Å². The van der Waals surface area contributed by atoms with Crippen molar-refractivity contribution in [2.45, 2.75) is 42.4 Å². The van der Waals surface area contributed by atoms with E-state index in [0.717, 1.165) is 6.42 Å². The predicted molar refractivity (Wildman–Crippen MR) is 52.0 cm³/mol. The Hall–Kier alpha value is 0.920. The van der Waals surface area contributed by atoms with Gasteiger partial charge in [-0.15, -0.1) is 0 Å². The fraction of sp³-hybridized carbons (Fsp3) is 1.00. The second-order valence-corrected chi connectivity index (χ2v) is 6.13. The van der Waals surface area contributed by atoms with Crippen LogP contribution in [0.4, 0.5) is 0 Å². The Morgan fingerprint density at radius 1 is 1.50 bits per heavy atom. The molecule has 10 heavy (non-hydrogen) atoms. The highest BCUT2D eigenvalue weighted by Crippen LogP contribution is 2.31. The predicted octanol–water partition coefficient (Wildman–Crippen LogP) is 2.69. The zero-order valence-electron chi connectivity index (χ0n) is 6.56. The van der Waals surface area contributed by atoms with Gasteiger partial charge in [-0.3, -0.25) is 0 Å². The van der Waals surface area contributed by atoms with Gasteiger partial charge in [0.05, 0.1) is 6.10 Å². The molecule has 0 radical (unpaired) electrons. The van der Waals surface area contributed by atoms with E-state index in [1.54, 1.807) is 6.92 Å². The number of aliphatic hydroxyl groups is 1. The Morgan fingerprint density at radius 3 is 2.00 bits per heavy atom. The highest BCUT2D eigenvalue weighted by atomic mass is 79.9. The molecule has 0 aliphatic carbocycles. The van der Waals surface area contributed by atoms with E-state index < -0.39 is 0 Å². The van der Waals surface area contributed by atoms with Crippen molar-refractivity contribution in [3.8, 4) is 0 Å². The molecule has 3 heteroatoms. The third kappa shape index (κ3) is 3.94. The van der Waals surface area contributed by atoms with Gasteiger partial charge in [0.15, 0.2) is 0 Å². The van der Waals surface area contributed by atoms with Crippen LogP contribution in [-0.2, 0) is 0 Å². The zero-order valence-corrected chi connectivity index (χ0v) is 9.74. The van der Waals surface area contributed by atoms with E-state index in [2.05, 4.69) is 45.7 Å². The second-order valence-electron chi connectivity index (χ2n) is 2.95. The van der Waals surface area contributed by atoms with Crippen LogP contribution in [0.3, 0.4) is 0 Å². The molecule has 0 aromatic rings. The number of alkyl halides is 2. The van der Waals surface area contributed by atoms with E-state index in [-0.39, 0.29) is 10.4 Å². The smallest absolute Gasteiger partial charge is 0.0525 e. The van der Waals surface area contributed by atoms with Gasteiger partial charge >= 0.3 is 0 Å². The molecule has 0 spiro atoms. The Balaban J connectivity index is 3.87. The first kappa shape index (κ1) is 10.9. The van der Waals surface area contributed by atoms with Crippen molar-refractivity contribution < 1.29 is 5.11 Å². The highest BCUT2D eigenvalue weighted by molar-refractivity contribution is 9.12. The molecule has 0 aromatic heterocycles. The fourth-order valence-corrected chi connectivity index (χ4v) is 1.40. The number of halogens is 2. The van der Waals surface area contributed by atoms with Crippen LogP contribution < -0.4 is 0 Å². The number of hydrogen-bond acceptors (Lipinski definition) is 1. The van der Waals surface area contributed by atoms with Gasteiger partial charge in [-0.05, 0) is 20.3 Å². The van der Waals surface area contributed by atoms with E-state index in [9.17, 15) is 0 Å². The van der Waals surface area contributed by atoms with E-state index in [0.29, 0.717) is 4.83 Å². The minimum absolute atomic E-state index is 0.00116. The number of hydrogen-bond donors (Lipinski definition) is 1. The van der Waals surface area contributed by atoms with E-state index >= 15 is 0 Å². The van der Waals surface area contributed by atoms with Gasteiger partial charge in [-0.25, -0.2) is 0 Å². The van der Waals surface area contributed by atoms with Gasteiger partial charge < -0.3 is 5.11 Å². The van der Waals surface area contributed by atoms with Crippen LogP contribution in [0.25, 0.3) is 0 Å². The molecule has 62 valence electrons. The average Bonchev–Trinajstić information content (AvgIpc) is 1.60. The SMILES string of the molecule is CC(O)CC(C)(Br)C(C)Br. The fourth-order valence-electron chi connectivity index (χ4n) is 0.740. The molecule has 0 fully saturated rings. The molecule has 0 aliphatic rings. The quantitative estimate of drug-likeness (QED) is 0.784. The summed E-state index contributed by atoms with van der Waals surface area (Å²) in [5, 5.41) is 9.09. The summed E-state index contributed by atoms with van der Waals surface area (Å²) in [5.74, 6) is 0. The maximum absolute atomic E-state index is 9.09. The monoisotopic (exact) mass is 272 g/mol. The second kappa shape index (κ2) is 4.07. The maximum atomic E-state index is 9.09. The molecule has 0 bridgehead atoms. The molecule has 0 aromatic carbocycles. The summed E-state index contributed by atoms with van der Waals surface area (Å²) in [6.07, 6.45) is 0.517. The van der Waals surface area contributed by atoms with Crippen molar-refractivity contribution in [1.29, 1.82) is 0 Å². The van der Waals surface area contributed by atoms with Crippen molar-refractivity contribution in [2.24, 2.45) is 0 Å². The van der Waals surface area contributed by atoms with Crippen LogP contribution in [0.15, 0.2) is 0 Å². The third-order valence-electron chi connectivity index (χ3n) is 1.52. The van der Waals surface area contributed by atoms with Gasteiger partial charge in [-0.1, -0.05) is 38.8 Å². The topological polar surface area (TPSA) is 20.2 Å². The zero-order chi connectivity index (χ0) is 8.36. The van der Waals surface area contributed by atoms with Gasteiger partial charge in [0, 0.05) is 9.15 Å². The average molecular weight is 274 g/mol. The maximum Gasteiger partial charge on any atom is 0.0525 e. The molecule has 3 unspecified atom stereocenters. The van der Waals surface area contributed by atoms with Crippen molar-refractivity contribution >= 4 is 31.9 Å². The van der Waals surface area contributed by atoms with Crippen molar-refractivity contribution in [2.75, 3.05) is 0 Å². The van der Waals surface area contributed by atoms with Crippen molar-refractivity contribution in [1.82, 2.24) is 0 Å². The van der Waals surface area contributed by atoms with E-state index in [1.807, 2.05) is 0 Å². The van der Waals surface area contributed by atoms with Crippen LogP contribution in [0.5, 0.6) is 0 Å². The lowest BCUT2D eigenvalue weighted by molar-refractivity contribution is 0.172. The minimum Gasteiger partial charge on any atom is -0.393 e. The third-order valence-corrected chi connectivity index (χ3v) is 4.16. The first-order chi connectivity index (χ1) is 4.36. The molecular weight excluding hydrogens is 260 g/mol. The van der Waals surface area contributed by atoms with Gasteiger partial charge in [-0.2, -0.15) is 0 Å². The minimum atomic E-state index is -0.246. The summed E-state index contributed by atoms with van der Waals surface area (Å²) >= 11 is 7.01. The molecule has 1 nitrogen and oxygen atoms in total. The lowest BCUT2D eigenvalue weighted by atomic mass is 10.0. The van der Waals surface area contributed by atoms with Crippen LogP contribution >= 0.6 is 31.9 Å². The van der Waals surface area contributed by atoms with Gasteiger partial charge in [0.1, 0.15) is 0 Å². The Kier molecular flexibility index (Phi) is 4.45. The molecule has 0 saturated carbocycles. The Labute approximate surface area is 79.5 Å². The number of rotatable bonds is 3. The standard InChI is InChI=1S/C7H14Br2O/c1-5(10)4-7(3,9)6(2)8/h5-6,10H,4H2,1-3H3. The van der Waals surface area contributed by atoms with Gasteiger partial charge in [0.25, 0.3) is 0 Å². The summed E-state index contributed by atoms with van der Waals surface area (Å²) in [4.78, 5) is 0.370. The van der Waals surface area contributed by atoms with Crippen LogP contribution in [0, 0.1) is 0 Å². The van der Waals surface area contributed by atoms with Gasteiger partial charge in [0.2, 0.25) is 0 Å². The molecule has 0 heterocycles. The molecule has 0 rings (SSSR count). The first-order valence-electron chi connectivity index (χ1n) is 3.37. The molecule has 0 amide bonds. The normalized spacial score (nSPS) is 23.4. The summed E-state index contributed by atoms with van der Waals surface area (Å²) in [7, 11) is 0. The van der Waals surface area contributed by atoms with E-state index in [4.69, 9.17) is 5.11 Å². The molecular formula is C7H14Br2O. The summed E-state index contributed by atoms with van der Waals surface area (Å²) < 4.78 is 0.00116. The first-order valence-corrected chi connectivity index (χ1v) is 5.08. The van der Waals surface area contributed by atoms with Crippen LogP contribution in [0.1, 0.15) is 27.2 Å². The Morgan fingerprint density at radius 2 is 1.90 bits per heavy atom. The molecule has 0 saturated heterocycles. The number of aliphatic hydroxyl groups excluding tert-OH is 1. The highest BCUT2D eigenvalue weighted by Gasteiger charge is 2.27. The van der Waals surface area contributed by atoms with E-state index in [1.165, 1.54) is 0 Å². The molecule has 3 atom stereocenters. The molecule has 1 N–H and O–H groups in total. The largest absolute Gasteiger partial charge is 0.393 e. The summed E-state index contributed by atoms with van der Waals surface area (Å²) in [6, 6.07) is 0. The summed E-state index contributed by atoms with van der Waals surface area (Å²) in [5.41, 5.74) is 0. The lowest BCUT2D eigenvalue weighted by Gasteiger charge is -2.26. The lowest BCUT2D eigenvalue weighted by Crippen LogP contribution is -2.29. The Bertz CT molecular complexity index is 99.8. The summed E-state index contributed by atoms with van der Waals surface area (Å²) in [6.45, 7) is 5.94. The van der Waals surface area contributed by atoms with Crippen molar-refractivity contribution in [3.63, 3.8) is 0 Å². The molecule has 0 aliphatic heterocycles.